The highest BCUT2D eigenvalue weighted by Crippen LogP contribution is 2.32. The Balaban J connectivity index is 2.17. The Bertz CT molecular complexity index is 528. The number of carbonyl (C=O) groups excluding carboxylic acids is 1. The van der Waals surface area contributed by atoms with Gasteiger partial charge in [-0.3, -0.25) is 4.79 Å². The molecule has 0 spiro atoms. The van der Waals surface area contributed by atoms with E-state index in [0.29, 0.717) is 10.0 Å². The molecule has 1 aliphatic rings. The van der Waals surface area contributed by atoms with Crippen molar-refractivity contribution in [3.63, 3.8) is 0 Å². The number of benzene rings is 1. The molecule has 1 heterocycles. The van der Waals surface area contributed by atoms with Crippen LogP contribution in [-0.2, 0) is 0 Å². The van der Waals surface area contributed by atoms with Crippen molar-refractivity contribution in [2.24, 2.45) is 5.92 Å². The predicted molar refractivity (Wildman–Crippen MR) is 74.2 cm³/mol. The van der Waals surface area contributed by atoms with Crippen molar-refractivity contribution in [1.82, 2.24) is 4.90 Å². The monoisotopic (exact) mass is 330 g/mol. The minimum absolute atomic E-state index is 0.0637. The summed E-state index contributed by atoms with van der Waals surface area (Å²) in [6, 6.07) is 2.49. The lowest BCUT2D eigenvalue weighted by Crippen LogP contribution is -2.66. The van der Waals surface area contributed by atoms with Gasteiger partial charge in [-0.2, -0.15) is 0 Å². The second-order valence-electron chi connectivity index (χ2n) is 5.27. The number of amides is 1. The summed E-state index contributed by atoms with van der Waals surface area (Å²) < 4.78 is 13.6. The molecule has 0 atom stereocenters. The Morgan fingerprint density at radius 1 is 1.53 bits per heavy atom. The van der Waals surface area contributed by atoms with Crippen LogP contribution in [-0.4, -0.2) is 34.6 Å². The van der Waals surface area contributed by atoms with Gasteiger partial charge in [0.1, 0.15) is 11.4 Å². The molecule has 3 N–H and O–H groups in total. The molecule has 1 saturated heterocycles. The second-order valence-corrected chi connectivity index (χ2v) is 6.13. The van der Waals surface area contributed by atoms with Gasteiger partial charge in [-0.05, 0) is 34.0 Å². The van der Waals surface area contributed by atoms with Gasteiger partial charge in [0, 0.05) is 4.47 Å². The van der Waals surface area contributed by atoms with Gasteiger partial charge in [-0.15, -0.1) is 0 Å². The van der Waals surface area contributed by atoms with Crippen molar-refractivity contribution in [1.29, 1.82) is 0 Å². The van der Waals surface area contributed by atoms with Crippen molar-refractivity contribution in [2.75, 3.05) is 18.8 Å². The zero-order valence-corrected chi connectivity index (χ0v) is 12.4. The molecule has 1 amide bonds. The van der Waals surface area contributed by atoms with Gasteiger partial charge < -0.3 is 15.7 Å². The highest BCUT2D eigenvalue weighted by molar-refractivity contribution is 9.10. The number of carbonyl (C=O) groups is 1. The number of anilines is 1. The first-order chi connectivity index (χ1) is 8.74. The van der Waals surface area contributed by atoms with Crippen molar-refractivity contribution in [2.45, 2.75) is 19.4 Å². The van der Waals surface area contributed by atoms with Gasteiger partial charge in [0.2, 0.25) is 0 Å². The van der Waals surface area contributed by atoms with E-state index in [1.54, 1.807) is 0 Å². The highest BCUT2D eigenvalue weighted by Gasteiger charge is 2.46. The Morgan fingerprint density at radius 3 is 2.63 bits per heavy atom. The van der Waals surface area contributed by atoms with E-state index in [-0.39, 0.29) is 30.6 Å². The molecule has 6 heteroatoms. The van der Waals surface area contributed by atoms with Crippen LogP contribution in [0.2, 0.25) is 0 Å². The van der Waals surface area contributed by atoms with Crippen LogP contribution >= 0.6 is 15.9 Å². The van der Waals surface area contributed by atoms with Crippen LogP contribution in [0.25, 0.3) is 0 Å². The molecular weight excluding hydrogens is 315 g/mol. The van der Waals surface area contributed by atoms with Crippen molar-refractivity contribution < 1.29 is 14.3 Å². The molecule has 1 aliphatic heterocycles. The van der Waals surface area contributed by atoms with E-state index < -0.39 is 11.4 Å². The lowest BCUT2D eigenvalue weighted by atomic mass is 9.82. The van der Waals surface area contributed by atoms with Crippen LogP contribution in [0.5, 0.6) is 0 Å². The lowest BCUT2D eigenvalue weighted by Gasteiger charge is -2.49. The van der Waals surface area contributed by atoms with Gasteiger partial charge in [-0.25, -0.2) is 4.39 Å². The molecule has 0 radical (unpaired) electrons. The first-order valence-corrected chi connectivity index (χ1v) is 6.80. The number of nitrogens with two attached hydrogens (primary N) is 1. The fraction of sp³-hybridized carbons (Fsp3) is 0.462. The number of nitrogens with zero attached hydrogens (tertiary/aromatic N) is 1. The predicted octanol–water partition coefficient (Wildman–Crippen LogP) is 2.01. The van der Waals surface area contributed by atoms with E-state index in [4.69, 9.17) is 5.73 Å². The van der Waals surface area contributed by atoms with Gasteiger partial charge >= 0.3 is 0 Å². The zero-order chi connectivity index (χ0) is 14.4. The summed E-state index contributed by atoms with van der Waals surface area (Å²) in [5.41, 5.74) is 4.89. The number of aliphatic hydroxyl groups is 1. The molecule has 1 aromatic carbocycles. The highest BCUT2D eigenvalue weighted by atomic mass is 79.9. The first-order valence-electron chi connectivity index (χ1n) is 6.01. The summed E-state index contributed by atoms with van der Waals surface area (Å²) in [4.78, 5) is 13.8. The average Bonchev–Trinajstić information content (AvgIpc) is 2.28. The summed E-state index contributed by atoms with van der Waals surface area (Å²) >= 11 is 3.16. The SMILES string of the molecule is CC(C)C1(O)CN(C(=O)c2cc(N)c(F)cc2Br)C1. The molecule has 1 aromatic rings. The first kappa shape index (κ1) is 14.3. The smallest absolute Gasteiger partial charge is 0.255 e. The second kappa shape index (κ2) is 4.76. The maximum absolute atomic E-state index is 13.2. The Labute approximate surface area is 119 Å². The van der Waals surface area contributed by atoms with Crippen LogP contribution in [0, 0.1) is 11.7 Å². The Hall–Kier alpha value is -1.14. The third-order valence-electron chi connectivity index (χ3n) is 3.61. The standard InChI is InChI=1S/C13H16BrFN2O2/c1-7(2)13(19)5-17(6-13)12(18)8-3-11(16)10(15)4-9(8)14/h3-4,7,19H,5-6,16H2,1-2H3. The van der Waals surface area contributed by atoms with E-state index in [1.807, 2.05) is 13.8 Å². The minimum atomic E-state index is -0.826. The molecule has 4 nitrogen and oxygen atoms in total. The summed E-state index contributed by atoms with van der Waals surface area (Å²) in [6.45, 7) is 4.39. The third kappa shape index (κ3) is 2.47. The molecule has 0 bridgehead atoms. The Kier molecular flexibility index (Phi) is 3.57. The summed E-state index contributed by atoms with van der Waals surface area (Å²) in [5.74, 6) is -0.743. The quantitative estimate of drug-likeness (QED) is 0.815. The number of rotatable bonds is 2. The normalized spacial score (nSPS) is 17.5. The number of β-amino-alcohol motifs (C(OH)–C–C–N with tert-alkyl or cyclic N) is 1. The summed E-state index contributed by atoms with van der Waals surface area (Å²) in [6.07, 6.45) is 0. The van der Waals surface area contributed by atoms with Crippen molar-refractivity contribution in [3.8, 4) is 0 Å². The van der Waals surface area contributed by atoms with Gasteiger partial charge in [0.15, 0.2) is 0 Å². The molecule has 104 valence electrons. The number of hydrogen-bond donors (Lipinski definition) is 2. The molecule has 0 aromatic heterocycles. The Morgan fingerprint density at radius 2 is 2.11 bits per heavy atom. The third-order valence-corrected chi connectivity index (χ3v) is 4.26. The van der Waals surface area contributed by atoms with Crippen LogP contribution in [0.3, 0.4) is 0 Å². The number of nitrogen functional groups attached to an aromatic ring is 1. The largest absolute Gasteiger partial charge is 0.396 e. The molecule has 0 aliphatic carbocycles. The summed E-state index contributed by atoms with van der Waals surface area (Å²) in [5, 5.41) is 10.1. The van der Waals surface area contributed by atoms with Gasteiger partial charge in [-0.1, -0.05) is 13.8 Å². The number of likely N-dealkylation sites (tertiary alicyclic amines) is 1. The van der Waals surface area contributed by atoms with Gasteiger partial charge in [0.25, 0.3) is 5.91 Å². The number of hydrogen-bond acceptors (Lipinski definition) is 3. The van der Waals surface area contributed by atoms with Crippen LogP contribution in [0.15, 0.2) is 16.6 Å². The molecule has 19 heavy (non-hydrogen) atoms. The lowest BCUT2D eigenvalue weighted by molar-refractivity contribution is -0.110. The van der Waals surface area contributed by atoms with E-state index in [1.165, 1.54) is 17.0 Å². The van der Waals surface area contributed by atoms with E-state index in [2.05, 4.69) is 15.9 Å². The minimum Gasteiger partial charge on any atom is -0.396 e. The molecule has 1 fully saturated rings. The molecular formula is C13H16BrFN2O2. The van der Waals surface area contributed by atoms with Gasteiger partial charge in [0.05, 0.1) is 24.3 Å². The number of halogens is 2. The van der Waals surface area contributed by atoms with Crippen molar-refractivity contribution >= 4 is 27.5 Å². The fourth-order valence-corrected chi connectivity index (χ4v) is 2.51. The van der Waals surface area contributed by atoms with Crippen LogP contribution in [0.1, 0.15) is 24.2 Å². The zero-order valence-electron chi connectivity index (χ0n) is 10.8. The fourth-order valence-electron chi connectivity index (χ4n) is 2.02. The van der Waals surface area contributed by atoms with E-state index in [9.17, 15) is 14.3 Å². The average molecular weight is 331 g/mol. The summed E-state index contributed by atoms with van der Waals surface area (Å²) in [7, 11) is 0. The van der Waals surface area contributed by atoms with E-state index in [0.717, 1.165) is 0 Å². The van der Waals surface area contributed by atoms with Crippen LogP contribution < -0.4 is 5.73 Å². The molecule has 0 unspecified atom stereocenters. The molecule has 2 rings (SSSR count). The van der Waals surface area contributed by atoms with E-state index >= 15 is 0 Å². The molecule has 0 saturated carbocycles. The topological polar surface area (TPSA) is 66.6 Å². The van der Waals surface area contributed by atoms with Crippen LogP contribution in [0.4, 0.5) is 10.1 Å². The maximum atomic E-state index is 13.2. The maximum Gasteiger partial charge on any atom is 0.255 e. The van der Waals surface area contributed by atoms with Crippen molar-refractivity contribution in [3.05, 3.63) is 28.0 Å².